The average Bonchev–Trinajstić information content (AvgIpc) is 2.50. The number of alkyl halides is 3. The van der Waals surface area contributed by atoms with Crippen molar-refractivity contribution < 1.29 is 17.6 Å². The minimum atomic E-state index is -4.47. The fourth-order valence-corrected chi connectivity index (χ4v) is 2.43. The number of nitrogens with two attached hydrogens (primary N) is 1. The van der Waals surface area contributed by atoms with Crippen molar-refractivity contribution in [2.24, 2.45) is 5.73 Å². The molecule has 2 N–H and O–H groups in total. The number of aryl methyl sites for hydroxylation is 1. The van der Waals surface area contributed by atoms with Crippen LogP contribution in [0.1, 0.15) is 28.2 Å². The highest BCUT2D eigenvalue weighted by molar-refractivity contribution is 6.31. The Morgan fingerprint density at radius 2 is 1.88 bits per heavy atom. The van der Waals surface area contributed by atoms with Gasteiger partial charge in [-0.2, -0.15) is 13.2 Å². The minimum Gasteiger partial charge on any atom is -0.326 e. The monoisotopic (exact) mass is 357 g/mol. The van der Waals surface area contributed by atoms with Gasteiger partial charge in [-0.25, -0.2) is 4.39 Å². The van der Waals surface area contributed by atoms with Crippen LogP contribution < -0.4 is 5.73 Å². The molecule has 0 aromatic heterocycles. The molecule has 128 valence electrons. The second-order valence-corrected chi connectivity index (χ2v) is 5.85. The van der Waals surface area contributed by atoms with E-state index in [2.05, 4.69) is 0 Å². The summed E-state index contributed by atoms with van der Waals surface area (Å²) in [4.78, 5) is 0. The minimum absolute atomic E-state index is 0.0328. The molecule has 0 saturated heterocycles. The van der Waals surface area contributed by atoms with E-state index in [0.717, 1.165) is 6.08 Å². The molecule has 0 amide bonds. The molecular weight excluding hydrogens is 342 g/mol. The van der Waals surface area contributed by atoms with Gasteiger partial charge in [0.05, 0.1) is 5.92 Å². The van der Waals surface area contributed by atoms with E-state index in [1.165, 1.54) is 42.5 Å². The zero-order valence-electron chi connectivity index (χ0n) is 12.9. The second kappa shape index (κ2) is 7.36. The largest absolute Gasteiger partial charge is 0.399 e. The molecule has 0 heterocycles. The van der Waals surface area contributed by atoms with Crippen LogP contribution in [-0.2, 0) is 6.54 Å². The van der Waals surface area contributed by atoms with Gasteiger partial charge in [-0.1, -0.05) is 48.0 Å². The van der Waals surface area contributed by atoms with Crippen LogP contribution in [-0.4, -0.2) is 6.18 Å². The van der Waals surface area contributed by atoms with E-state index in [0.29, 0.717) is 21.7 Å². The summed E-state index contributed by atoms with van der Waals surface area (Å²) in [5.41, 5.74) is 6.66. The summed E-state index contributed by atoms with van der Waals surface area (Å²) in [5.74, 6) is -2.34. The van der Waals surface area contributed by atoms with Gasteiger partial charge in [0.1, 0.15) is 5.82 Å². The molecule has 0 aliphatic rings. The molecule has 0 fully saturated rings. The Morgan fingerprint density at radius 3 is 2.42 bits per heavy atom. The molecule has 1 nitrogen and oxygen atoms in total. The van der Waals surface area contributed by atoms with Crippen molar-refractivity contribution in [3.8, 4) is 0 Å². The molecule has 0 aliphatic carbocycles. The maximum absolute atomic E-state index is 13.7. The van der Waals surface area contributed by atoms with Crippen LogP contribution >= 0.6 is 11.6 Å². The standard InChI is InChI=1S/C18H16ClF4N/c1-11-8-13(5-7-16(11)19)15(18(21,22)23)6-3-12-2-4-14(10-24)17(20)9-12/h2-9,15H,10,24H2,1H3/b6-3+. The predicted octanol–water partition coefficient (Wildman–Crippen LogP) is 5.61. The van der Waals surface area contributed by atoms with Crippen molar-refractivity contribution in [3.05, 3.63) is 75.6 Å². The van der Waals surface area contributed by atoms with Crippen molar-refractivity contribution in [2.75, 3.05) is 0 Å². The van der Waals surface area contributed by atoms with E-state index in [-0.39, 0.29) is 12.1 Å². The Morgan fingerprint density at radius 1 is 1.17 bits per heavy atom. The van der Waals surface area contributed by atoms with E-state index >= 15 is 0 Å². The van der Waals surface area contributed by atoms with Crippen LogP contribution in [0.5, 0.6) is 0 Å². The molecule has 1 atom stereocenters. The number of rotatable bonds is 4. The zero-order chi connectivity index (χ0) is 17.9. The molecule has 6 heteroatoms. The molecule has 0 radical (unpaired) electrons. The van der Waals surface area contributed by atoms with Gasteiger partial charge in [0, 0.05) is 17.1 Å². The topological polar surface area (TPSA) is 26.0 Å². The quantitative estimate of drug-likeness (QED) is 0.707. The van der Waals surface area contributed by atoms with Gasteiger partial charge in [0.25, 0.3) is 0 Å². The van der Waals surface area contributed by atoms with Crippen molar-refractivity contribution >= 4 is 17.7 Å². The summed E-state index contributed by atoms with van der Waals surface area (Å²) < 4.78 is 53.8. The third-order valence-electron chi connectivity index (χ3n) is 3.67. The number of benzene rings is 2. The molecule has 1 unspecified atom stereocenters. The molecule has 0 bridgehead atoms. The lowest BCUT2D eigenvalue weighted by Crippen LogP contribution is -2.19. The van der Waals surface area contributed by atoms with Crippen molar-refractivity contribution in [2.45, 2.75) is 25.6 Å². The van der Waals surface area contributed by atoms with Gasteiger partial charge < -0.3 is 5.73 Å². The molecule has 2 aromatic rings. The van der Waals surface area contributed by atoms with Crippen molar-refractivity contribution in [1.82, 2.24) is 0 Å². The number of hydrogen-bond acceptors (Lipinski definition) is 1. The summed E-state index contributed by atoms with van der Waals surface area (Å²) in [7, 11) is 0. The first-order valence-electron chi connectivity index (χ1n) is 7.22. The predicted molar refractivity (Wildman–Crippen MR) is 88.3 cm³/mol. The smallest absolute Gasteiger partial charge is 0.326 e. The Hall–Kier alpha value is -1.85. The van der Waals surface area contributed by atoms with Gasteiger partial charge in [0.2, 0.25) is 0 Å². The van der Waals surface area contributed by atoms with Gasteiger partial charge in [0.15, 0.2) is 0 Å². The van der Waals surface area contributed by atoms with Gasteiger partial charge >= 0.3 is 6.18 Å². The zero-order valence-corrected chi connectivity index (χ0v) is 13.6. The van der Waals surface area contributed by atoms with E-state index in [1.807, 2.05) is 0 Å². The molecule has 0 saturated carbocycles. The fraction of sp³-hybridized carbons (Fsp3) is 0.222. The lowest BCUT2D eigenvalue weighted by molar-refractivity contribution is -0.139. The van der Waals surface area contributed by atoms with E-state index < -0.39 is 17.9 Å². The molecule has 2 aromatic carbocycles. The van der Waals surface area contributed by atoms with Crippen LogP contribution in [0.25, 0.3) is 6.08 Å². The van der Waals surface area contributed by atoms with E-state index in [4.69, 9.17) is 17.3 Å². The van der Waals surface area contributed by atoms with Crippen LogP contribution in [0.2, 0.25) is 5.02 Å². The summed E-state index contributed by atoms with van der Waals surface area (Å²) in [6, 6.07) is 8.35. The highest BCUT2D eigenvalue weighted by Crippen LogP contribution is 2.37. The highest BCUT2D eigenvalue weighted by atomic mass is 35.5. The van der Waals surface area contributed by atoms with Crippen LogP contribution in [0.3, 0.4) is 0 Å². The van der Waals surface area contributed by atoms with Gasteiger partial charge in [-0.05, 0) is 35.7 Å². The summed E-state index contributed by atoms with van der Waals surface area (Å²) >= 11 is 5.87. The van der Waals surface area contributed by atoms with Crippen LogP contribution in [0.15, 0.2) is 42.5 Å². The molecule has 24 heavy (non-hydrogen) atoms. The maximum Gasteiger partial charge on any atom is 0.399 e. The molecule has 2 rings (SSSR count). The summed E-state index contributed by atoms with van der Waals surface area (Å²) in [5, 5.41) is 0.406. The third kappa shape index (κ3) is 4.36. The SMILES string of the molecule is Cc1cc(C(/C=C/c2ccc(CN)c(F)c2)C(F)(F)F)ccc1Cl. The second-order valence-electron chi connectivity index (χ2n) is 5.44. The number of halogens is 5. The lowest BCUT2D eigenvalue weighted by atomic mass is 9.95. The number of allylic oxidation sites excluding steroid dienone is 1. The van der Waals surface area contributed by atoms with Gasteiger partial charge in [-0.3, -0.25) is 0 Å². The van der Waals surface area contributed by atoms with Crippen molar-refractivity contribution in [1.29, 1.82) is 0 Å². The number of hydrogen-bond donors (Lipinski definition) is 1. The Kier molecular flexibility index (Phi) is 5.67. The van der Waals surface area contributed by atoms with Gasteiger partial charge in [-0.15, -0.1) is 0 Å². The van der Waals surface area contributed by atoms with E-state index in [9.17, 15) is 17.6 Å². The first kappa shape index (κ1) is 18.5. The fourth-order valence-electron chi connectivity index (χ4n) is 2.31. The summed E-state index contributed by atoms with van der Waals surface area (Å²) in [6.07, 6.45) is -2.20. The Labute approximate surface area is 142 Å². The lowest BCUT2D eigenvalue weighted by Gasteiger charge is -2.18. The average molecular weight is 358 g/mol. The maximum atomic E-state index is 13.7. The Balaban J connectivity index is 2.36. The molecule has 0 aliphatic heterocycles. The molecule has 0 spiro atoms. The first-order chi connectivity index (χ1) is 11.2. The molecular formula is C18H16ClF4N. The highest BCUT2D eigenvalue weighted by Gasteiger charge is 2.38. The van der Waals surface area contributed by atoms with Crippen LogP contribution in [0.4, 0.5) is 17.6 Å². The summed E-state index contributed by atoms with van der Waals surface area (Å²) in [6.45, 7) is 1.68. The van der Waals surface area contributed by atoms with Crippen LogP contribution in [0, 0.1) is 12.7 Å². The van der Waals surface area contributed by atoms with Crippen molar-refractivity contribution in [3.63, 3.8) is 0 Å². The van der Waals surface area contributed by atoms with E-state index in [1.54, 1.807) is 6.92 Å². The Bertz CT molecular complexity index is 753. The third-order valence-corrected chi connectivity index (χ3v) is 4.10. The normalized spacial score (nSPS) is 13.5. The first-order valence-corrected chi connectivity index (χ1v) is 7.59.